The van der Waals surface area contributed by atoms with E-state index < -0.39 is 12.1 Å². The zero-order valence-corrected chi connectivity index (χ0v) is 13.0. The van der Waals surface area contributed by atoms with Gasteiger partial charge < -0.3 is 5.32 Å². The predicted molar refractivity (Wildman–Crippen MR) is 80.2 cm³/mol. The second-order valence-corrected chi connectivity index (χ2v) is 6.13. The molecule has 1 aromatic rings. The molecule has 2 unspecified atom stereocenters. The Hall–Kier alpha value is -1.26. The summed E-state index contributed by atoms with van der Waals surface area (Å²) in [6.45, 7) is 5.45. The van der Waals surface area contributed by atoms with E-state index in [1.807, 2.05) is 13.8 Å². The van der Waals surface area contributed by atoms with E-state index in [9.17, 15) is 9.59 Å². The first-order chi connectivity index (χ1) is 9.31. The summed E-state index contributed by atoms with van der Waals surface area (Å²) in [7, 11) is 0. The number of nitrogens with one attached hydrogen (secondary N) is 1. The molecule has 1 fully saturated rings. The Bertz CT molecular complexity index is 540. The number of nitrogens with zero attached hydrogens (tertiary/aromatic N) is 1. The molecule has 2 rings (SSSR count). The van der Waals surface area contributed by atoms with E-state index in [0.717, 1.165) is 0 Å². The van der Waals surface area contributed by atoms with Crippen LogP contribution < -0.4 is 10.2 Å². The van der Waals surface area contributed by atoms with E-state index in [0.29, 0.717) is 15.7 Å². The van der Waals surface area contributed by atoms with Crippen LogP contribution in [0.2, 0.25) is 10.0 Å². The molecule has 20 heavy (non-hydrogen) atoms. The first kappa shape index (κ1) is 15.1. The standard InChI is InChI=1S/C14H16Cl2N2O2/c1-7(2)12-13(19)17-8(3)14(20)18(12)11-5-9(15)4-10(16)6-11/h4-8,12H,1-3H3,(H,17,19). The van der Waals surface area contributed by atoms with Crippen LogP contribution in [0.4, 0.5) is 5.69 Å². The number of benzene rings is 1. The van der Waals surface area contributed by atoms with Crippen molar-refractivity contribution in [3.8, 4) is 0 Å². The lowest BCUT2D eigenvalue weighted by Crippen LogP contribution is -2.64. The molecule has 1 aliphatic rings. The second kappa shape index (κ2) is 5.62. The minimum atomic E-state index is -0.562. The smallest absolute Gasteiger partial charge is 0.250 e. The van der Waals surface area contributed by atoms with Gasteiger partial charge in [0.15, 0.2) is 0 Å². The van der Waals surface area contributed by atoms with Gasteiger partial charge in [-0.05, 0) is 31.0 Å². The Morgan fingerprint density at radius 3 is 2.20 bits per heavy atom. The highest BCUT2D eigenvalue weighted by molar-refractivity contribution is 6.35. The topological polar surface area (TPSA) is 49.4 Å². The van der Waals surface area contributed by atoms with E-state index in [2.05, 4.69) is 5.32 Å². The molecule has 1 N–H and O–H groups in total. The van der Waals surface area contributed by atoms with E-state index in [1.165, 1.54) is 4.90 Å². The highest BCUT2D eigenvalue weighted by Gasteiger charge is 2.41. The maximum absolute atomic E-state index is 12.4. The molecule has 2 amide bonds. The fourth-order valence-corrected chi connectivity index (χ4v) is 2.91. The lowest BCUT2D eigenvalue weighted by molar-refractivity contribution is -0.134. The zero-order chi connectivity index (χ0) is 15.0. The van der Waals surface area contributed by atoms with Gasteiger partial charge in [-0.1, -0.05) is 37.0 Å². The molecule has 6 heteroatoms. The van der Waals surface area contributed by atoms with Gasteiger partial charge >= 0.3 is 0 Å². The maximum atomic E-state index is 12.4. The molecule has 0 aliphatic carbocycles. The molecule has 2 atom stereocenters. The molecule has 0 aromatic heterocycles. The lowest BCUT2D eigenvalue weighted by atomic mass is 9.96. The van der Waals surface area contributed by atoms with Crippen molar-refractivity contribution in [2.75, 3.05) is 4.90 Å². The molecular weight excluding hydrogens is 299 g/mol. The molecule has 1 saturated heterocycles. The summed E-state index contributed by atoms with van der Waals surface area (Å²) in [4.78, 5) is 26.1. The van der Waals surface area contributed by atoms with E-state index in [1.54, 1.807) is 25.1 Å². The average molecular weight is 315 g/mol. The number of piperazine rings is 1. The largest absolute Gasteiger partial charge is 0.343 e. The van der Waals surface area contributed by atoms with Gasteiger partial charge in [0.05, 0.1) is 0 Å². The van der Waals surface area contributed by atoms with Crippen molar-refractivity contribution >= 4 is 40.7 Å². The van der Waals surface area contributed by atoms with Crippen LogP contribution in [0.3, 0.4) is 0 Å². The Kier molecular flexibility index (Phi) is 4.25. The normalized spacial score (nSPS) is 23.2. The summed E-state index contributed by atoms with van der Waals surface area (Å²) < 4.78 is 0. The highest BCUT2D eigenvalue weighted by Crippen LogP contribution is 2.30. The van der Waals surface area contributed by atoms with Gasteiger partial charge in [-0.3, -0.25) is 14.5 Å². The number of hydrogen-bond donors (Lipinski definition) is 1. The first-order valence-corrected chi connectivity index (χ1v) is 7.16. The van der Waals surface area contributed by atoms with Crippen molar-refractivity contribution in [3.05, 3.63) is 28.2 Å². The molecule has 0 spiro atoms. The Morgan fingerprint density at radius 2 is 1.70 bits per heavy atom. The third-order valence-electron chi connectivity index (χ3n) is 3.27. The lowest BCUT2D eigenvalue weighted by Gasteiger charge is -2.40. The van der Waals surface area contributed by atoms with Gasteiger partial charge in [0.2, 0.25) is 11.8 Å². The van der Waals surface area contributed by atoms with E-state index in [4.69, 9.17) is 23.2 Å². The molecule has 1 heterocycles. The summed E-state index contributed by atoms with van der Waals surface area (Å²) in [5.41, 5.74) is 0.549. The van der Waals surface area contributed by atoms with E-state index in [-0.39, 0.29) is 17.7 Å². The van der Waals surface area contributed by atoms with Gasteiger partial charge in [-0.2, -0.15) is 0 Å². The quantitative estimate of drug-likeness (QED) is 0.912. The Labute approximate surface area is 128 Å². The number of hydrogen-bond acceptors (Lipinski definition) is 2. The van der Waals surface area contributed by atoms with Crippen LogP contribution in [0.25, 0.3) is 0 Å². The third kappa shape index (κ3) is 2.76. The summed E-state index contributed by atoms with van der Waals surface area (Å²) in [6.07, 6.45) is 0. The summed E-state index contributed by atoms with van der Waals surface area (Å²) in [6, 6.07) is 3.76. The average Bonchev–Trinajstić information content (AvgIpc) is 2.31. The molecule has 1 aliphatic heterocycles. The van der Waals surface area contributed by atoms with Gasteiger partial charge in [-0.15, -0.1) is 0 Å². The first-order valence-electron chi connectivity index (χ1n) is 6.41. The molecular formula is C14H16Cl2N2O2. The number of amides is 2. The van der Waals surface area contributed by atoms with Crippen LogP contribution in [0.15, 0.2) is 18.2 Å². The number of anilines is 1. The van der Waals surface area contributed by atoms with Gasteiger partial charge in [0.25, 0.3) is 0 Å². The van der Waals surface area contributed by atoms with Crippen LogP contribution in [0.1, 0.15) is 20.8 Å². The van der Waals surface area contributed by atoms with Crippen molar-refractivity contribution in [2.24, 2.45) is 5.92 Å². The second-order valence-electron chi connectivity index (χ2n) is 5.26. The van der Waals surface area contributed by atoms with Crippen molar-refractivity contribution in [3.63, 3.8) is 0 Å². The van der Waals surface area contributed by atoms with Crippen LogP contribution >= 0.6 is 23.2 Å². The van der Waals surface area contributed by atoms with Gasteiger partial charge in [0, 0.05) is 15.7 Å². The number of halogens is 2. The van der Waals surface area contributed by atoms with Crippen LogP contribution in [-0.2, 0) is 9.59 Å². The van der Waals surface area contributed by atoms with Gasteiger partial charge in [0.1, 0.15) is 12.1 Å². The zero-order valence-electron chi connectivity index (χ0n) is 11.5. The fourth-order valence-electron chi connectivity index (χ4n) is 2.39. The molecule has 0 saturated carbocycles. The fraction of sp³-hybridized carbons (Fsp3) is 0.429. The highest BCUT2D eigenvalue weighted by atomic mass is 35.5. The van der Waals surface area contributed by atoms with Crippen molar-refractivity contribution < 1.29 is 9.59 Å². The monoisotopic (exact) mass is 314 g/mol. The van der Waals surface area contributed by atoms with Gasteiger partial charge in [-0.25, -0.2) is 0 Å². The van der Waals surface area contributed by atoms with E-state index >= 15 is 0 Å². The van der Waals surface area contributed by atoms with Crippen molar-refractivity contribution in [1.82, 2.24) is 5.32 Å². The van der Waals surface area contributed by atoms with Crippen molar-refractivity contribution in [1.29, 1.82) is 0 Å². The maximum Gasteiger partial charge on any atom is 0.250 e. The number of rotatable bonds is 2. The Balaban J connectivity index is 2.52. The minimum absolute atomic E-state index is 0.0239. The Morgan fingerprint density at radius 1 is 1.15 bits per heavy atom. The summed E-state index contributed by atoms with van der Waals surface area (Å²) >= 11 is 12.0. The molecule has 0 radical (unpaired) electrons. The SMILES string of the molecule is CC1NC(=O)C(C(C)C)N(c2cc(Cl)cc(Cl)c2)C1=O. The summed E-state index contributed by atoms with van der Waals surface area (Å²) in [5.74, 6) is -0.353. The number of carbonyl (C=O) groups excluding carboxylic acids is 2. The summed E-state index contributed by atoms with van der Waals surface area (Å²) in [5, 5.41) is 3.56. The van der Waals surface area contributed by atoms with Crippen molar-refractivity contribution in [2.45, 2.75) is 32.9 Å². The molecule has 1 aromatic carbocycles. The molecule has 0 bridgehead atoms. The number of carbonyl (C=O) groups is 2. The minimum Gasteiger partial charge on any atom is -0.343 e. The molecule has 4 nitrogen and oxygen atoms in total. The van der Waals surface area contributed by atoms with Crippen LogP contribution in [0, 0.1) is 5.92 Å². The predicted octanol–water partition coefficient (Wildman–Crippen LogP) is 2.87. The molecule has 108 valence electrons. The third-order valence-corrected chi connectivity index (χ3v) is 3.71. The van der Waals surface area contributed by atoms with Crippen LogP contribution in [0.5, 0.6) is 0 Å². The van der Waals surface area contributed by atoms with Crippen LogP contribution in [-0.4, -0.2) is 23.9 Å².